The Labute approximate surface area is 398 Å². The van der Waals surface area contributed by atoms with E-state index in [-0.39, 0.29) is 62.7 Å². The highest BCUT2D eigenvalue weighted by atomic mass is 16.4. The number of aliphatic hydroxyl groups is 2. The van der Waals surface area contributed by atoms with Crippen LogP contribution in [0.4, 0.5) is 0 Å². The number of guanidine groups is 1. The fraction of sp³-hybridized carbons (Fsp3) is 0.404. The summed E-state index contributed by atoms with van der Waals surface area (Å²) in [5, 5.41) is 55.3. The molecule has 0 radical (unpaired) electrons. The first-order valence-corrected chi connectivity index (χ1v) is 22.3. The Hall–Kier alpha value is -7.56. The summed E-state index contributed by atoms with van der Waals surface area (Å²) in [7, 11) is 0. The molecule has 0 unspecified atom stereocenters. The number of hydrogen-bond acceptors (Lipinski definition) is 12. The molecule has 3 aromatic carbocycles. The van der Waals surface area contributed by atoms with Crippen molar-refractivity contribution in [3.8, 4) is 5.75 Å². The maximum atomic E-state index is 14.4. The van der Waals surface area contributed by atoms with Gasteiger partial charge in [0, 0.05) is 36.5 Å². The number of carboxylic acids is 1. The lowest BCUT2D eigenvalue weighted by Gasteiger charge is -2.28. The molecule has 0 aliphatic carbocycles. The molecule has 0 saturated heterocycles. The van der Waals surface area contributed by atoms with Gasteiger partial charge in [-0.3, -0.25) is 33.8 Å². The van der Waals surface area contributed by atoms with E-state index in [4.69, 9.17) is 17.2 Å². The Morgan fingerprint density at radius 3 is 1.72 bits per heavy atom. The van der Waals surface area contributed by atoms with Crippen LogP contribution in [0.5, 0.6) is 5.75 Å². The van der Waals surface area contributed by atoms with Crippen LogP contribution in [0.2, 0.25) is 0 Å². The van der Waals surface area contributed by atoms with Crippen molar-refractivity contribution in [1.82, 2.24) is 36.9 Å². The van der Waals surface area contributed by atoms with Gasteiger partial charge in [0.25, 0.3) is 0 Å². The smallest absolute Gasteiger partial charge is 0.328 e. The van der Waals surface area contributed by atoms with Gasteiger partial charge < -0.3 is 74.5 Å². The molecule has 7 atom stereocenters. The van der Waals surface area contributed by atoms with Gasteiger partial charge in [-0.25, -0.2) is 4.79 Å². The van der Waals surface area contributed by atoms with Gasteiger partial charge in [-0.15, -0.1) is 0 Å². The van der Waals surface area contributed by atoms with Crippen LogP contribution in [0.3, 0.4) is 0 Å². The predicted molar refractivity (Wildman–Crippen MR) is 255 cm³/mol. The number of para-hydroxylation sites is 1. The van der Waals surface area contributed by atoms with Gasteiger partial charge in [0.05, 0.1) is 19.3 Å². The molecule has 0 spiro atoms. The number of aromatic nitrogens is 1. The molecule has 0 fully saturated rings. The number of aliphatic carboxylic acids is 1. The maximum absolute atomic E-state index is 14.4. The molecular weight excluding hydrogens is 895 g/mol. The van der Waals surface area contributed by atoms with Gasteiger partial charge in [-0.2, -0.15) is 0 Å². The minimum atomic E-state index is -1.69. The molecule has 1 aromatic heterocycles. The standard InChI is InChI=1S/C47H63N11O11/c1-26(2)19-35(42(64)56-37(44(66)58-39(25-60)46(68)69)22-29-23-52-33-12-7-6-11-31(29)33)54-43(65)36(21-28-14-16-30(61)17-15-28)55-41(63)34(13-8-18-51-47(49)50)53-45(67)38(24-59)57-40(62)32(48)20-27-9-4-3-5-10-27/h3-7,9-12,14-17,23,26,32,34-39,52,59-61H,8,13,18-22,24-25,48H2,1-2H3,(H,53,67)(H,54,65)(H,55,63)(H,56,64)(H,57,62)(H,58,66)(H,68,69)(H4,49,50,51)/t32-,34-,35-,36-,37-,38-,39-/m0/s1. The molecule has 4 aromatic rings. The summed E-state index contributed by atoms with van der Waals surface area (Å²) in [4.78, 5) is 102. The van der Waals surface area contributed by atoms with Gasteiger partial charge in [0.1, 0.15) is 42.0 Å². The number of nitrogens with zero attached hydrogens (tertiary/aromatic N) is 1. The second-order valence-corrected chi connectivity index (χ2v) is 16.9. The number of aromatic amines is 1. The van der Waals surface area contributed by atoms with E-state index in [1.165, 1.54) is 24.3 Å². The lowest BCUT2D eigenvalue weighted by Crippen LogP contribution is -2.60. The number of carbonyl (C=O) groups excluding carboxylic acids is 6. The van der Waals surface area contributed by atoms with Crippen molar-refractivity contribution in [2.45, 2.75) is 94.7 Å². The zero-order valence-electron chi connectivity index (χ0n) is 38.4. The molecule has 372 valence electrons. The summed E-state index contributed by atoms with van der Waals surface area (Å²) < 4.78 is 0. The van der Waals surface area contributed by atoms with Crippen LogP contribution >= 0.6 is 0 Å². The first-order valence-electron chi connectivity index (χ1n) is 22.3. The number of benzene rings is 3. The first kappa shape index (κ1) is 54.0. The SMILES string of the molecule is CC(C)C[C@H](NC(=O)[C@H](Cc1ccc(O)cc1)NC(=O)[C@H](CCCN=C(N)N)NC(=O)[C@H](CO)NC(=O)[C@@H](N)Cc1ccccc1)C(=O)N[C@@H](Cc1c[nH]c2ccccc12)C(=O)N[C@@H](CO)C(=O)O. The van der Waals surface area contributed by atoms with Crippen molar-refractivity contribution in [1.29, 1.82) is 0 Å². The molecule has 69 heavy (non-hydrogen) atoms. The number of nitrogens with one attached hydrogen (secondary N) is 7. The number of fused-ring (bicyclic) bond motifs is 1. The number of phenolic OH excluding ortho intramolecular Hbond substituents is 1. The number of H-pyrrole nitrogens is 1. The first-order chi connectivity index (χ1) is 32.9. The molecule has 1 heterocycles. The molecular formula is C47H63N11O11. The van der Waals surface area contributed by atoms with Gasteiger partial charge in [-0.1, -0.05) is 74.5 Å². The molecule has 22 nitrogen and oxygen atoms in total. The highest BCUT2D eigenvalue weighted by Gasteiger charge is 2.34. The summed E-state index contributed by atoms with van der Waals surface area (Å²) >= 11 is 0. The minimum Gasteiger partial charge on any atom is -0.508 e. The average molecular weight is 958 g/mol. The van der Waals surface area contributed by atoms with Gasteiger partial charge >= 0.3 is 5.97 Å². The topological polar surface area (TPSA) is 379 Å². The Morgan fingerprint density at radius 2 is 1.12 bits per heavy atom. The molecule has 0 aliphatic rings. The van der Waals surface area contributed by atoms with Gasteiger partial charge in [0.2, 0.25) is 35.4 Å². The summed E-state index contributed by atoms with van der Waals surface area (Å²) in [5.41, 5.74) is 19.6. The second kappa shape index (κ2) is 26.7. The highest BCUT2D eigenvalue weighted by Crippen LogP contribution is 2.20. The van der Waals surface area contributed by atoms with E-state index in [1.807, 2.05) is 0 Å². The number of aliphatic imine (C=N–C) groups is 1. The van der Waals surface area contributed by atoms with Gasteiger partial charge in [0.15, 0.2) is 5.96 Å². The number of rotatable bonds is 27. The molecule has 17 N–H and O–H groups in total. The van der Waals surface area contributed by atoms with Gasteiger partial charge in [-0.05, 0) is 66.5 Å². The molecule has 0 aliphatic heterocycles. The van der Waals surface area contributed by atoms with Crippen LogP contribution in [0.25, 0.3) is 10.9 Å². The fourth-order valence-corrected chi connectivity index (χ4v) is 7.26. The number of aliphatic hydroxyl groups excluding tert-OH is 2. The summed E-state index contributed by atoms with van der Waals surface area (Å²) in [6.07, 6.45) is 1.52. The third kappa shape index (κ3) is 17.2. The van der Waals surface area contributed by atoms with Crippen LogP contribution in [-0.4, -0.2) is 135 Å². The van der Waals surface area contributed by atoms with Crippen LogP contribution < -0.4 is 49.1 Å². The number of carboxylic acid groups (broad SMARTS) is 1. The zero-order valence-corrected chi connectivity index (χ0v) is 38.4. The van der Waals surface area contributed by atoms with Crippen molar-refractivity contribution < 1.29 is 54.0 Å². The summed E-state index contributed by atoms with van der Waals surface area (Å²) in [6, 6.07) is 11.9. The Balaban J connectivity index is 1.60. The second-order valence-electron chi connectivity index (χ2n) is 16.9. The molecule has 4 rings (SSSR count). The van der Waals surface area contributed by atoms with E-state index in [2.05, 4.69) is 41.9 Å². The third-order valence-electron chi connectivity index (χ3n) is 10.9. The monoisotopic (exact) mass is 957 g/mol. The van der Waals surface area contributed by atoms with Crippen molar-refractivity contribution in [2.24, 2.45) is 28.1 Å². The van der Waals surface area contributed by atoms with E-state index in [0.29, 0.717) is 11.1 Å². The van der Waals surface area contributed by atoms with E-state index >= 15 is 0 Å². The number of phenols is 1. The Morgan fingerprint density at radius 1 is 0.609 bits per heavy atom. The van der Waals surface area contributed by atoms with Crippen LogP contribution in [-0.2, 0) is 52.8 Å². The summed E-state index contributed by atoms with van der Waals surface area (Å²) in [5.74, 6) is -7.22. The van der Waals surface area contributed by atoms with Crippen LogP contribution in [0, 0.1) is 5.92 Å². The highest BCUT2D eigenvalue weighted by molar-refractivity contribution is 5.97. The predicted octanol–water partition coefficient (Wildman–Crippen LogP) is -1.69. The van der Waals surface area contributed by atoms with Crippen molar-refractivity contribution in [3.05, 3.63) is 102 Å². The number of carbonyl (C=O) groups is 7. The number of aromatic hydroxyl groups is 1. The molecule has 22 heteroatoms. The van der Waals surface area contributed by atoms with Crippen molar-refractivity contribution in [3.63, 3.8) is 0 Å². The van der Waals surface area contributed by atoms with E-state index in [9.17, 15) is 54.0 Å². The van der Waals surface area contributed by atoms with Crippen molar-refractivity contribution >= 4 is 58.3 Å². The molecule has 6 amide bonds. The lowest BCUT2D eigenvalue weighted by atomic mass is 9.99. The van der Waals surface area contributed by atoms with Crippen LogP contribution in [0.1, 0.15) is 49.8 Å². The maximum Gasteiger partial charge on any atom is 0.328 e. The van der Waals surface area contributed by atoms with Crippen LogP contribution in [0.15, 0.2) is 90.1 Å². The normalized spacial score (nSPS) is 14.2. The Bertz CT molecular complexity index is 2390. The molecule has 0 saturated carbocycles. The Kier molecular flexibility index (Phi) is 20.9. The number of nitrogens with two attached hydrogens (primary N) is 3. The largest absolute Gasteiger partial charge is 0.508 e. The number of amides is 6. The van der Waals surface area contributed by atoms with E-state index in [0.717, 1.165) is 16.5 Å². The molecule has 0 bridgehead atoms. The van der Waals surface area contributed by atoms with E-state index in [1.54, 1.807) is 74.6 Å². The zero-order chi connectivity index (χ0) is 50.6. The quantitative estimate of drug-likeness (QED) is 0.0180. The number of hydrogen-bond donors (Lipinski definition) is 14. The lowest BCUT2D eigenvalue weighted by molar-refractivity contribution is -0.143. The average Bonchev–Trinajstić information content (AvgIpc) is 3.72. The van der Waals surface area contributed by atoms with E-state index < -0.39 is 96.9 Å². The summed E-state index contributed by atoms with van der Waals surface area (Å²) in [6.45, 7) is 1.81. The van der Waals surface area contributed by atoms with Crippen molar-refractivity contribution in [2.75, 3.05) is 19.8 Å². The third-order valence-corrected chi connectivity index (χ3v) is 10.9. The fourth-order valence-electron chi connectivity index (χ4n) is 7.26. The minimum absolute atomic E-state index is 0.0278.